The molecule has 0 aliphatic carbocycles. The predicted molar refractivity (Wildman–Crippen MR) is 116 cm³/mol. The van der Waals surface area contributed by atoms with E-state index in [9.17, 15) is 9.59 Å². The van der Waals surface area contributed by atoms with Crippen LogP contribution in [0.5, 0.6) is 0 Å². The summed E-state index contributed by atoms with van der Waals surface area (Å²) in [6.45, 7) is 2.95. The first-order valence-corrected chi connectivity index (χ1v) is 10.4. The number of carbonyl (C=O) groups excluding carboxylic acids is 2. The van der Waals surface area contributed by atoms with Crippen molar-refractivity contribution in [2.75, 3.05) is 24.8 Å². The van der Waals surface area contributed by atoms with E-state index in [1.165, 1.54) is 7.11 Å². The van der Waals surface area contributed by atoms with E-state index in [0.717, 1.165) is 16.0 Å². The van der Waals surface area contributed by atoms with Gasteiger partial charge in [-0.15, -0.1) is 11.8 Å². The second kappa shape index (κ2) is 10.5. The number of nitrogens with one attached hydrogen (secondary N) is 1. The van der Waals surface area contributed by atoms with Crippen LogP contribution in [0.3, 0.4) is 0 Å². The number of hydrogen-bond acceptors (Lipinski definition) is 6. The molecule has 0 aliphatic rings. The Morgan fingerprint density at radius 2 is 1.93 bits per heavy atom. The lowest BCUT2D eigenvalue weighted by atomic mass is 10.1. The van der Waals surface area contributed by atoms with E-state index in [1.54, 1.807) is 36.4 Å². The molecule has 0 fully saturated rings. The average Bonchev–Trinajstić information content (AvgIpc) is 3.22. The van der Waals surface area contributed by atoms with E-state index in [0.29, 0.717) is 24.6 Å². The zero-order chi connectivity index (χ0) is 21.3. The van der Waals surface area contributed by atoms with Crippen molar-refractivity contribution in [1.29, 1.82) is 0 Å². The maximum Gasteiger partial charge on any atom is 0.411 e. The van der Waals surface area contributed by atoms with Crippen LogP contribution in [-0.2, 0) is 16.0 Å². The van der Waals surface area contributed by atoms with Gasteiger partial charge in [-0.05, 0) is 36.2 Å². The van der Waals surface area contributed by atoms with Crippen molar-refractivity contribution in [3.8, 4) is 0 Å². The minimum atomic E-state index is -0.464. The molecule has 1 N–H and O–H groups in total. The Bertz CT molecular complexity index is 1000. The number of imidazole rings is 1. The third kappa shape index (κ3) is 5.87. The summed E-state index contributed by atoms with van der Waals surface area (Å²) in [5.41, 5.74) is 3.25. The fourth-order valence-corrected chi connectivity index (χ4v) is 3.71. The molecule has 0 radical (unpaired) electrons. The van der Waals surface area contributed by atoms with E-state index in [1.807, 2.05) is 41.0 Å². The number of hydrogen-bond donors (Lipinski definition) is 1. The van der Waals surface area contributed by atoms with Gasteiger partial charge < -0.3 is 14.0 Å². The van der Waals surface area contributed by atoms with Crippen LogP contribution >= 0.6 is 11.8 Å². The van der Waals surface area contributed by atoms with Gasteiger partial charge in [0.1, 0.15) is 6.61 Å². The fraction of sp³-hybridized carbons (Fsp3) is 0.227. The lowest BCUT2D eigenvalue weighted by molar-refractivity contribution is 0.0594. The summed E-state index contributed by atoms with van der Waals surface area (Å²) >= 11 is 1.63. The highest BCUT2D eigenvalue weighted by Crippen LogP contribution is 2.25. The third-order valence-electron chi connectivity index (χ3n) is 4.37. The Kier molecular flexibility index (Phi) is 7.51. The first kappa shape index (κ1) is 21.4. The second-order valence-corrected chi connectivity index (χ2v) is 7.58. The third-order valence-corrected chi connectivity index (χ3v) is 5.50. The molecule has 30 heavy (non-hydrogen) atoms. The Labute approximate surface area is 179 Å². The van der Waals surface area contributed by atoms with Crippen LogP contribution in [0.4, 0.5) is 10.5 Å². The van der Waals surface area contributed by atoms with Crippen LogP contribution < -0.4 is 5.32 Å². The maximum atomic E-state index is 11.8. The zero-order valence-corrected chi connectivity index (χ0v) is 17.6. The standard InChI is InChI=1S/C22H23N3O4S/c1-16-17(13-25-14-19(23-15-25)21(26)28-2)7-6-10-20(16)30-12-11-29-22(27)24-18-8-4-3-5-9-18/h3-10,14-15H,11-13H2,1-2H3,(H,24,27). The van der Waals surface area contributed by atoms with Gasteiger partial charge in [0, 0.05) is 29.1 Å². The highest BCUT2D eigenvalue weighted by molar-refractivity contribution is 7.99. The van der Waals surface area contributed by atoms with E-state index < -0.39 is 12.1 Å². The lowest BCUT2D eigenvalue weighted by Gasteiger charge is -2.12. The number of thioether (sulfide) groups is 1. The van der Waals surface area contributed by atoms with Gasteiger partial charge in [-0.2, -0.15) is 0 Å². The summed E-state index contributed by atoms with van der Waals surface area (Å²) in [5, 5.41) is 2.69. The summed E-state index contributed by atoms with van der Waals surface area (Å²) in [6, 6.07) is 15.3. The molecule has 0 spiro atoms. The number of anilines is 1. The number of para-hydroxylation sites is 1. The first-order valence-electron chi connectivity index (χ1n) is 9.37. The van der Waals surface area contributed by atoms with Gasteiger partial charge in [0.2, 0.25) is 0 Å². The topological polar surface area (TPSA) is 82.5 Å². The van der Waals surface area contributed by atoms with Gasteiger partial charge in [-0.3, -0.25) is 5.32 Å². The Morgan fingerprint density at radius 1 is 1.13 bits per heavy atom. The molecule has 3 rings (SSSR count). The van der Waals surface area contributed by atoms with Gasteiger partial charge >= 0.3 is 12.1 Å². The predicted octanol–water partition coefficient (Wildman–Crippen LogP) is 4.37. The summed E-state index contributed by atoms with van der Waals surface area (Å²) in [5.74, 6) is 0.190. The monoisotopic (exact) mass is 425 g/mol. The van der Waals surface area contributed by atoms with E-state index in [2.05, 4.69) is 22.0 Å². The Balaban J connectivity index is 1.50. The van der Waals surface area contributed by atoms with E-state index in [4.69, 9.17) is 4.74 Å². The average molecular weight is 426 g/mol. The Hall–Kier alpha value is -3.26. The molecule has 0 atom stereocenters. The van der Waals surface area contributed by atoms with Gasteiger partial charge in [-0.25, -0.2) is 14.6 Å². The lowest BCUT2D eigenvalue weighted by Crippen LogP contribution is -2.15. The summed E-state index contributed by atoms with van der Waals surface area (Å²) in [6.07, 6.45) is 2.82. The number of rotatable bonds is 8. The molecular formula is C22H23N3O4S. The van der Waals surface area contributed by atoms with Gasteiger partial charge in [0.15, 0.2) is 5.69 Å². The number of benzene rings is 2. The zero-order valence-electron chi connectivity index (χ0n) is 16.8. The highest BCUT2D eigenvalue weighted by Gasteiger charge is 2.11. The molecule has 8 heteroatoms. The summed E-state index contributed by atoms with van der Waals surface area (Å²) in [7, 11) is 1.33. The fourth-order valence-electron chi connectivity index (χ4n) is 2.80. The smallest absolute Gasteiger partial charge is 0.411 e. The first-order chi connectivity index (χ1) is 14.6. The van der Waals surface area contributed by atoms with Crippen LogP contribution in [-0.4, -0.2) is 41.1 Å². The largest absolute Gasteiger partial charge is 0.464 e. The highest BCUT2D eigenvalue weighted by atomic mass is 32.2. The maximum absolute atomic E-state index is 11.8. The number of aromatic nitrogens is 2. The molecule has 0 unspecified atom stereocenters. The van der Waals surface area contributed by atoms with Crippen molar-refractivity contribution < 1.29 is 19.1 Å². The van der Waals surface area contributed by atoms with E-state index in [-0.39, 0.29) is 5.69 Å². The van der Waals surface area contributed by atoms with Crippen LogP contribution in [0, 0.1) is 6.92 Å². The minimum Gasteiger partial charge on any atom is -0.464 e. The number of esters is 1. The number of carbonyl (C=O) groups is 2. The van der Waals surface area contributed by atoms with Crippen molar-refractivity contribution in [2.24, 2.45) is 0 Å². The minimum absolute atomic E-state index is 0.284. The number of nitrogens with zero attached hydrogens (tertiary/aromatic N) is 2. The Morgan fingerprint density at radius 3 is 2.70 bits per heavy atom. The van der Waals surface area contributed by atoms with Crippen molar-refractivity contribution in [1.82, 2.24) is 9.55 Å². The van der Waals surface area contributed by atoms with Crippen LogP contribution in [0.15, 0.2) is 66.0 Å². The number of ether oxygens (including phenoxy) is 2. The second-order valence-electron chi connectivity index (χ2n) is 6.44. The molecule has 0 saturated carbocycles. The van der Waals surface area contributed by atoms with Crippen LogP contribution in [0.25, 0.3) is 0 Å². The van der Waals surface area contributed by atoms with Crippen molar-refractivity contribution >= 4 is 29.5 Å². The normalized spacial score (nSPS) is 10.5. The number of methoxy groups -OCH3 is 1. The molecule has 0 saturated heterocycles. The van der Waals surface area contributed by atoms with Gasteiger partial charge in [0.25, 0.3) is 0 Å². The molecule has 156 valence electrons. The molecule has 2 aromatic carbocycles. The number of amides is 1. The molecule has 0 bridgehead atoms. The molecule has 7 nitrogen and oxygen atoms in total. The molecule has 1 heterocycles. The van der Waals surface area contributed by atoms with Crippen LogP contribution in [0.1, 0.15) is 21.6 Å². The van der Waals surface area contributed by atoms with Gasteiger partial charge in [-0.1, -0.05) is 30.3 Å². The summed E-state index contributed by atoms with van der Waals surface area (Å²) < 4.78 is 11.8. The van der Waals surface area contributed by atoms with Crippen molar-refractivity contribution in [2.45, 2.75) is 18.4 Å². The molecule has 0 aliphatic heterocycles. The molecule has 3 aromatic rings. The SMILES string of the molecule is COC(=O)c1cn(Cc2cccc(SCCOC(=O)Nc3ccccc3)c2C)cn1. The van der Waals surface area contributed by atoms with Crippen molar-refractivity contribution in [3.05, 3.63) is 77.9 Å². The molecule has 1 aromatic heterocycles. The molecular weight excluding hydrogens is 402 g/mol. The van der Waals surface area contributed by atoms with E-state index >= 15 is 0 Å². The quantitative estimate of drug-likeness (QED) is 0.328. The molecule has 1 amide bonds. The van der Waals surface area contributed by atoms with Crippen LogP contribution in [0.2, 0.25) is 0 Å². The van der Waals surface area contributed by atoms with Crippen molar-refractivity contribution in [3.63, 3.8) is 0 Å². The van der Waals surface area contributed by atoms with Gasteiger partial charge in [0.05, 0.1) is 13.4 Å². The summed E-state index contributed by atoms with van der Waals surface area (Å²) in [4.78, 5) is 28.6.